The van der Waals surface area contributed by atoms with Gasteiger partial charge in [0.25, 0.3) is 0 Å². The van der Waals surface area contributed by atoms with Crippen molar-refractivity contribution in [1.29, 1.82) is 0 Å². The SMILES string of the molecule is CC(C)CC(CC(C)C)NCCN1CCCCC1. The molecule has 1 fully saturated rings. The lowest BCUT2D eigenvalue weighted by molar-refractivity contribution is 0.222. The number of likely N-dealkylation sites (tertiary alicyclic amines) is 1. The molecular formula is C16H34N2. The van der Waals surface area contributed by atoms with E-state index in [1.807, 2.05) is 0 Å². The molecule has 0 aromatic rings. The number of hydrogen-bond acceptors (Lipinski definition) is 2. The molecule has 2 nitrogen and oxygen atoms in total. The summed E-state index contributed by atoms with van der Waals surface area (Å²) < 4.78 is 0. The van der Waals surface area contributed by atoms with Crippen LogP contribution in [0.4, 0.5) is 0 Å². The average Bonchev–Trinajstić information content (AvgIpc) is 2.28. The summed E-state index contributed by atoms with van der Waals surface area (Å²) in [5.41, 5.74) is 0. The highest BCUT2D eigenvalue weighted by Gasteiger charge is 2.14. The molecule has 0 saturated carbocycles. The van der Waals surface area contributed by atoms with E-state index in [1.54, 1.807) is 0 Å². The Morgan fingerprint density at radius 2 is 1.44 bits per heavy atom. The second-order valence-corrected chi connectivity index (χ2v) is 6.81. The number of hydrogen-bond donors (Lipinski definition) is 1. The van der Waals surface area contributed by atoms with Crippen molar-refractivity contribution < 1.29 is 0 Å². The lowest BCUT2D eigenvalue weighted by Gasteiger charge is -2.28. The van der Waals surface area contributed by atoms with Gasteiger partial charge in [-0.05, 0) is 50.6 Å². The third kappa shape index (κ3) is 7.38. The molecule has 0 atom stereocenters. The highest BCUT2D eigenvalue weighted by molar-refractivity contribution is 4.72. The standard InChI is InChI=1S/C16H34N2/c1-14(2)12-16(13-15(3)4)17-8-11-18-9-6-5-7-10-18/h14-17H,5-13H2,1-4H3. The van der Waals surface area contributed by atoms with Crippen LogP contribution in [0.2, 0.25) is 0 Å². The largest absolute Gasteiger partial charge is 0.313 e. The van der Waals surface area contributed by atoms with Crippen LogP contribution in [0.25, 0.3) is 0 Å². The van der Waals surface area contributed by atoms with Crippen LogP contribution < -0.4 is 5.32 Å². The quantitative estimate of drug-likeness (QED) is 0.713. The first-order chi connectivity index (χ1) is 8.58. The summed E-state index contributed by atoms with van der Waals surface area (Å²) in [6.07, 6.45) is 6.88. The summed E-state index contributed by atoms with van der Waals surface area (Å²) >= 11 is 0. The van der Waals surface area contributed by atoms with Crippen molar-refractivity contribution >= 4 is 0 Å². The van der Waals surface area contributed by atoms with E-state index in [-0.39, 0.29) is 0 Å². The zero-order chi connectivity index (χ0) is 13.4. The van der Waals surface area contributed by atoms with E-state index >= 15 is 0 Å². The molecule has 0 amide bonds. The maximum Gasteiger partial charge on any atom is 0.0107 e. The van der Waals surface area contributed by atoms with Crippen molar-refractivity contribution in [2.24, 2.45) is 11.8 Å². The number of nitrogens with zero attached hydrogens (tertiary/aromatic N) is 1. The average molecular weight is 254 g/mol. The molecule has 18 heavy (non-hydrogen) atoms. The van der Waals surface area contributed by atoms with Crippen LogP contribution in [-0.2, 0) is 0 Å². The molecule has 1 rings (SSSR count). The molecular weight excluding hydrogens is 220 g/mol. The second-order valence-electron chi connectivity index (χ2n) is 6.81. The fourth-order valence-electron chi connectivity index (χ4n) is 3.01. The molecule has 1 heterocycles. The fraction of sp³-hybridized carbons (Fsp3) is 1.00. The molecule has 0 unspecified atom stereocenters. The summed E-state index contributed by atoms with van der Waals surface area (Å²) in [6, 6.07) is 0.717. The molecule has 1 saturated heterocycles. The first kappa shape index (κ1) is 16.0. The summed E-state index contributed by atoms with van der Waals surface area (Å²) in [5.74, 6) is 1.60. The van der Waals surface area contributed by atoms with Gasteiger partial charge in [0.2, 0.25) is 0 Å². The van der Waals surface area contributed by atoms with Crippen LogP contribution >= 0.6 is 0 Å². The minimum Gasteiger partial charge on any atom is -0.313 e. The van der Waals surface area contributed by atoms with Gasteiger partial charge in [0.05, 0.1) is 0 Å². The molecule has 0 aliphatic carbocycles. The Bertz CT molecular complexity index is 185. The van der Waals surface area contributed by atoms with Gasteiger partial charge in [-0.25, -0.2) is 0 Å². The van der Waals surface area contributed by atoms with Crippen LogP contribution in [0.5, 0.6) is 0 Å². The van der Waals surface area contributed by atoms with Crippen LogP contribution in [0.1, 0.15) is 59.8 Å². The number of nitrogens with one attached hydrogen (secondary N) is 1. The minimum absolute atomic E-state index is 0.717. The summed E-state index contributed by atoms with van der Waals surface area (Å²) in [6.45, 7) is 14.4. The van der Waals surface area contributed by atoms with E-state index in [0.29, 0.717) is 0 Å². The molecule has 0 radical (unpaired) electrons. The van der Waals surface area contributed by atoms with Gasteiger partial charge in [-0.3, -0.25) is 0 Å². The topological polar surface area (TPSA) is 15.3 Å². The summed E-state index contributed by atoms with van der Waals surface area (Å²) in [7, 11) is 0. The molecule has 108 valence electrons. The number of rotatable bonds is 8. The molecule has 0 aromatic carbocycles. The Balaban J connectivity index is 2.18. The predicted octanol–water partition coefficient (Wildman–Crippen LogP) is 3.52. The first-order valence-electron chi connectivity index (χ1n) is 8.03. The van der Waals surface area contributed by atoms with Gasteiger partial charge in [-0.2, -0.15) is 0 Å². The van der Waals surface area contributed by atoms with Gasteiger partial charge in [0.15, 0.2) is 0 Å². The monoisotopic (exact) mass is 254 g/mol. The van der Waals surface area contributed by atoms with Gasteiger partial charge in [0.1, 0.15) is 0 Å². The highest BCUT2D eigenvalue weighted by Crippen LogP contribution is 2.13. The van der Waals surface area contributed by atoms with Gasteiger partial charge in [-0.1, -0.05) is 34.1 Å². The van der Waals surface area contributed by atoms with Crippen molar-refractivity contribution in [3.63, 3.8) is 0 Å². The Kier molecular flexibility index (Phi) is 7.92. The maximum atomic E-state index is 3.79. The third-order valence-corrected chi connectivity index (χ3v) is 3.82. The summed E-state index contributed by atoms with van der Waals surface area (Å²) in [4.78, 5) is 2.62. The number of piperidine rings is 1. The Hall–Kier alpha value is -0.0800. The van der Waals surface area contributed by atoms with E-state index in [2.05, 4.69) is 37.9 Å². The molecule has 0 bridgehead atoms. The van der Waals surface area contributed by atoms with Gasteiger partial charge >= 0.3 is 0 Å². The van der Waals surface area contributed by atoms with Gasteiger partial charge < -0.3 is 10.2 Å². The van der Waals surface area contributed by atoms with Gasteiger partial charge in [0, 0.05) is 19.1 Å². The summed E-state index contributed by atoms with van der Waals surface area (Å²) in [5, 5.41) is 3.79. The van der Waals surface area contributed by atoms with Crippen LogP contribution in [0.15, 0.2) is 0 Å². The Labute approximate surface area is 115 Å². The van der Waals surface area contributed by atoms with E-state index in [0.717, 1.165) is 17.9 Å². The maximum absolute atomic E-state index is 3.79. The Morgan fingerprint density at radius 3 is 1.94 bits per heavy atom. The van der Waals surface area contributed by atoms with E-state index in [4.69, 9.17) is 0 Å². The smallest absolute Gasteiger partial charge is 0.0107 e. The molecule has 1 N–H and O–H groups in total. The Morgan fingerprint density at radius 1 is 0.889 bits per heavy atom. The van der Waals surface area contributed by atoms with Crippen molar-refractivity contribution in [3.05, 3.63) is 0 Å². The zero-order valence-corrected chi connectivity index (χ0v) is 13.0. The van der Waals surface area contributed by atoms with E-state index in [9.17, 15) is 0 Å². The second kappa shape index (κ2) is 8.92. The van der Waals surface area contributed by atoms with Crippen molar-refractivity contribution in [1.82, 2.24) is 10.2 Å². The highest BCUT2D eigenvalue weighted by atomic mass is 15.1. The third-order valence-electron chi connectivity index (χ3n) is 3.82. The van der Waals surface area contributed by atoms with Crippen molar-refractivity contribution in [2.75, 3.05) is 26.2 Å². The molecule has 1 aliphatic heterocycles. The van der Waals surface area contributed by atoms with E-state index < -0.39 is 0 Å². The van der Waals surface area contributed by atoms with Gasteiger partial charge in [-0.15, -0.1) is 0 Å². The molecule has 0 spiro atoms. The van der Waals surface area contributed by atoms with Crippen LogP contribution in [0, 0.1) is 11.8 Å². The van der Waals surface area contributed by atoms with Crippen molar-refractivity contribution in [2.45, 2.75) is 65.8 Å². The normalized spacial score (nSPS) is 18.2. The molecule has 1 aliphatic rings. The van der Waals surface area contributed by atoms with Crippen molar-refractivity contribution in [3.8, 4) is 0 Å². The van der Waals surface area contributed by atoms with E-state index in [1.165, 1.54) is 58.3 Å². The molecule has 2 heteroatoms. The minimum atomic E-state index is 0.717. The lowest BCUT2D eigenvalue weighted by atomic mass is 9.95. The van der Waals surface area contributed by atoms with Crippen LogP contribution in [-0.4, -0.2) is 37.1 Å². The zero-order valence-electron chi connectivity index (χ0n) is 13.0. The first-order valence-corrected chi connectivity index (χ1v) is 8.03. The lowest BCUT2D eigenvalue weighted by Crippen LogP contribution is -2.40. The predicted molar refractivity (Wildman–Crippen MR) is 81.0 cm³/mol. The fourth-order valence-corrected chi connectivity index (χ4v) is 3.01. The van der Waals surface area contributed by atoms with Crippen LogP contribution in [0.3, 0.4) is 0 Å². The molecule has 0 aromatic heterocycles.